The second-order valence-electron chi connectivity index (χ2n) is 4.37. The van der Waals surface area contributed by atoms with Crippen LogP contribution in [0.5, 0.6) is 0 Å². The van der Waals surface area contributed by atoms with Crippen molar-refractivity contribution < 1.29 is 4.79 Å². The largest absolute Gasteiger partial charge is 0.341 e. The molecule has 0 spiro atoms. The van der Waals surface area contributed by atoms with Crippen LogP contribution in [0.1, 0.15) is 42.6 Å². The van der Waals surface area contributed by atoms with Gasteiger partial charge in [-0.15, -0.1) is 10.2 Å². The molecular formula is C12H16N6O2. The van der Waals surface area contributed by atoms with Crippen LogP contribution in [0.3, 0.4) is 0 Å². The fourth-order valence-electron chi connectivity index (χ4n) is 1.81. The van der Waals surface area contributed by atoms with E-state index in [9.17, 15) is 9.59 Å². The summed E-state index contributed by atoms with van der Waals surface area (Å²) in [6, 6.07) is -0.301. The fourth-order valence-corrected chi connectivity index (χ4v) is 1.81. The molecule has 1 unspecified atom stereocenters. The molecule has 0 radical (unpaired) electrons. The van der Waals surface area contributed by atoms with Crippen molar-refractivity contribution in [3.63, 3.8) is 0 Å². The number of aromatic nitrogens is 5. The molecule has 0 aliphatic carbocycles. The standard InChI is InChI=1S/C12H16N6O2/c1-3-4-18-7-15-17-11(18)8(2)16-12(20)9-5-14-10(19)6-13-9/h5-8H,3-4H2,1-2H3,(H,14,19)(H,16,20). The van der Waals surface area contributed by atoms with Crippen molar-refractivity contribution in [2.45, 2.75) is 32.9 Å². The predicted octanol–water partition coefficient (Wildman–Crippen LogP) is 0.262. The first-order chi connectivity index (χ1) is 9.61. The van der Waals surface area contributed by atoms with Gasteiger partial charge in [0.15, 0.2) is 5.82 Å². The van der Waals surface area contributed by atoms with Crippen LogP contribution in [0.25, 0.3) is 0 Å². The minimum absolute atomic E-state index is 0.151. The first kappa shape index (κ1) is 13.9. The van der Waals surface area contributed by atoms with Crippen molar-refractivity contribution >= 4 is 5.91 Å². The number of amides is 1. The highest BCUT2D eigenvalue weighted by Gasteiger charge is 2.17. The highest BCUT2D eigenvalue weighted by molar-refractivity contribution is 5.92. The molecule has 0 aromatic carbocycles. The summed E-state index contributed by atoms with van der Waals surface area (Å²) in [6.07, 6.45) is 4.94. The lowest BCUT2D eigenvalue weighted by Crippen LogP contribution is -2.30. The molecular weight excluding hydrogens is 260 g/mol. The number of hydrogen-bond donors (Lipinski definition) is 2. The average Bonchev–Trinajstić information content (AvgIpc) is 2.88. The Bertz CT molecular complexity index is 627. The van der Waals surface area contributed by atoms with Crippen LogP contribution in [0.4, 0.5) is 0 Å². The van der Waals surface area contributed by atoms with Gasteiger partial charge in [0.2, 0.25) is 0 Å². The molecule has 1 amide bonds. The minimum Gasteiger partial charge on any atom is -0.341 e. The first-order valence-corrected chi connectivity index (χ1v) is 6.35. The summed E-state index contributed by atoms with van der Waals surface area (Å²) < 4.78 is 1.89. The van der Waals surface area contributed by atoms with E-state index in [1.165, 1.54) is 6.20 Å². The van der Waals surface area contributed by atoms with E-state index in [-0.39, 0.29) is 23.2 Å². The number of H-pyrrole nitrogens is 1. The maximum Gasteiger partial charge on any atom is 0.271 e. The molecule has 0 saturated carbocycles. The maximum atomic E-state index is 12.0. The maximum absolute atomic E-state index is 12.0. The second-order valence-corrected chi connectivity index (χ2v) is 4.37. The number of aryl methyl sites for hydroxylation is 1. The van der Waals surface area contributed by atoms with E-state index in [2.05, 4.69) is 32.4 Å². The Hall–Kier alpha value is -2.51. The van der Waals surface area contributed by atoms with E-state index in [4.69, 9.17) is 0 Å². The van der Waals surface area contributed by atoms with Gasteiger partial charge in [0, 0.05) is 12.7 Å². The molecule has 1 atom stereocenters. The molecule has 2 aromatic heterocycles. The third-order valence-corrected chi connectivity index (χ3v) is 2.75. The summed E-state index contributed by atoms with van der Waals surface area (Å²) in [5.74, 6) is 0.310. The molecule has 2 N–H and O–H groups in total. The van der Waals surface area contributed by atoms with Crippen LogP contribution < -0.4 is 10.9 Å². The zero-order valence-corrected chi connectivity index (χ0v) is 11.3. The third-order valence-electron chi connectivity index (χ3n) is 2.75. The smallest absolute Gasteiger partial charge is 0.271 e. The summed E-state index contributed by atoms with van der Waals surface area (Å²) in [6.45, 7) is 4.66. The van der Waals surface area contributed by atoms with E-state index in [1.54, 1.807) is 6.33 Å². The van der Waals surface area contributed by atoms with E-state index in [1.807, 2.05) is 11.5 Å². The average molecular weight is 276 g/mol. The monoisotopic (exact) mass is 276 g/mol. The van der Waals surface area contributed by atoms with E-state index in [0.717, 1.165) is 19.2 Å². The van der Waals surface area contributed by atoms with Gasteiger partial charge in [0.25, 0.3) is 11.5 Å². The van der Waals surface area contributed by atoms with Gasteiger partial charge in [-0.1, -0.05) is 6.92 Å². The molecule has 0 bridgehead atoms. The Balaban J connectivity index is 2.08. The second kappa shape index (κ2) is 6.09. The molecule has 0 saturated heterocycles. The molecule has 2 heterocycles. The van der Waals surface area contributed by atoms with Gasteiger partial charge in [-0.25, -0.2) is 4.98 Å². The quantitative estimate of drug-likeness (QED) is 0.815. The highest BCUT2D eigenvalue weighted by atomic mass is 16.2. The summed E-state index contributed by atoms with van der Waals surface area (Å²) in [5.41, 5.74) is -0.199. The molecule has 8 heteroatoms. The lowest BCUT2D eigenvalue weighted by Gasteiger charge is -2.14. The number of nitrogens with zero attached hydrogens (tertiary/aromatic N) is 4. The van der Waals surface area contributed by atoms with Gasteiger partial charge in [-0.05, 0) is 13.3 Å². The molecule has 8 nitrogen and oxygen atoms in total. The van der Waals surface area contributed by atoms with Crippen LogP contribution in [0.15, 0.2) is 23.5 Å². The third kappa shape index (κ3) is 3.08. The summed E-state index contributed by atoms with van der Waals surface area (Å²) in [4.78, 5) is 29.1. The Morgan fingerprint density at radius 3 is 3.00 bits per heavy atom. The molecule has 0 aliphatic heterocycles. The Morgan fingerprint density at radius 1 is 1.55 bits per heavy atom. The topological polar surface area (TPSA) is 106 Å². The van der Waals surface area contributed by atoms with Crippen molar-refractivity contribution in [3.8, 4) is 0 Å². The van der Waals surface area contributed by atoms with Gasteiger partial charge in [-0.3, -0.25) is 9.59 Å². The van der Waals surface area contributed by atoms with Crippen molar-refractivity contribution in [3.05, 3.63) is 40.6 Å². The molecule has 2 aromatic rings. The van der Waals surface area contributed by atoms with Gasteiger partial charge >= 0.3 is 0 Å². The zero-order valence-electron chi connectivity index (χ0n) is 11.3. The van der Waals surface area contributed by atoms with Gasteiger partial charge in [-0.2, -0.15) is 0 Å². The molecule has 20 heavy (non-hydrogen) atoms. The SMILES string of the molecule is CCCn1cnnc1C(C)NC(=O)c1c[nH]c(=O)cn1. The lowest BCUT2D eigenvalue weighted by molar-refractivity contribution is 0.0932. The lowest BCUT2D eigenvalue weighted by atomic mass is 10.3. The van der Waals surface area contributed by atoms with Crippen molar-refractivity contribution in [2.24, 2.45) is 0 Å². The Kier molecular flexibility index (Phi) is 4.24. The summed E-state index contributed by atoms with van der Waals surface area (Å²) in [5, 5.41) is 10.6. The van der Waals surface area contributed by atoms with Gasteiger partial charge < -0.3 is 14.9 Å². The molecule has 106 valence electrons. The number of rotatable bonds is 5. The van der Waals surface area contributed by atoms with Crippen LogP contribution in [0, 0.1) is 0 Å². The van der Waals surface area contributed by atoms with E-state index in [0.29, 0.717) is 5.82 Å². The molecule has 0 aliphatic rings. The van der Waals surface area contributed by atoms with Crippen LogP contribution in [-0.4, -0.2) is 30.6 Å². The number of aromatic amines is 1. The summed E-state index contributed by atoms with van der Waals surface area (Å²) >= 11 is 0. The number of nitrogens with one attached hydrogen (secondary N) is 2. The highest BCUT2D eigenvalue weighted by Crippen LogP contribution is 2.10. The van der Waals surface area contributed by atoms with Gasteiger partial charge in [0.05, 0.1) is 12.2 Å². The fraction of sp³-hybridized carbons (Fsp3) is 0.417. The van der Waals surface area contributed by atoms with Crippen LogP contribution >= 0.6 is 0 Å². The minimum atomic E-state index is -0.375. The number of carbonyl (C=O) groups excluding carboxylic acids is 1. The first-order valence-electron chi connectivity index (χ1n) is 6.35. The molecule has 0 fully saturated rings. The van der Waals surface area contributed by atoms with E-state index >= 15 is 0 Å². The van der Waals surface area contributed by atoms with Crippen molar-refractivity contribution in [2.75, 3.05) is 0 Å². The summed E-state index contributed by atoms with van der Waals surface area (Å²) in [7, 11) is 0. The Morgan fingerprint density at radius 2 is 2.35 bits per heavy atom. The normalized spacial score (nSPS) is 12.1. The molecule has 2 rings (SSSR count). The van der Waals surface area contributed by atoms with Crippen molar-refractivity contribution in [1.82, 2.24) is 30.0 Å². The number of carbonyl (C=O) groups is 1. The van der Waals surface area contributed by atoms with Crippen LogP contribution in [-0.2, 0) is 6.54 Å². The number of hydrogen-bond acceptors (Lipinski definition) is 5. The van der Waals surface area contributed by atoms with E-state index < -0.39 is 0 Å². The predicted molar refractivity (Wildman–Crippen MR) is 71.1 cm³/mol. The van der Waals surface area contributed by atoms with Crippen molar-refractivity contribution in [1.29, 1.82) is 0 Å². The van der Waals surface area contributed by atoms with Gasteiger partial charge in [0.1, 0.15) is 12.0 Å². The van der Waals surface area contributed by atoms with Crippen LogP contribution in [0.2, 0.25) is 0 Å². The zero-order chi connectivity index (χ0) is 14.5. The Labute approximate surface area is 115 Å².